The molecule has 24 heavy (non-hydrogen) atoms. The molecular weight excluding hydrogens is 302 g/mol. The van der Waals surface area contributed by atoms with Crippen molar-refractivity contribution in [3.63, 3.8) is 0 Å². The first-order chi connectivity index (χ1) is 11.6. The molecule has 1 heterocycles. The molecule has 0 aliphatic carbocycles. The van der Waals surface area contributed by atoms with Gasteiger partial charge in [0.25, 0.3) is 5.69 Å². The van der Waals surface area contributed by atoms with E-state index in [2.05, 4.69) is 29.2 Å². The average Bonchev–Trinajstić information content (AvgIpc) is 3.06. The normalized spacial score (nSPS) is 22.4. The number of nitro benzene ring substituents is 1. The molecule has 0 radical (unpaired) electrons. The summed E-state index contributed by atoms with van der Waals surface area (Å²) in [6.07, 6.45) is 0. The number of likely N-dealkylation sites (tertiary alicyclic amines) is 1. The predicted octanol–water partition coefficient (Wildman–Crippen LogP) is 3.33. The molecule has 126 valence electrons. The Labute approximate surface area is 142 Å². The summed E-state index contributed by atoms with van der Waals surface area (Å²) >= 11 is 0. The van der Waals surface area contributed by atoms with Crippen LogP contribution in [0.25, 0.3) is 0 Å². The van der Waals surface area contributed by atoms with E-state index in [1.807, 2.05) is 25.1 Å². The molecule has 3 rings (SSSR count). The highest BCUT2D eigenvalue weighted by Crippen LogP contribution is 2.38. The maximum Gasteiger partial charge on any atom is 0.274 e. The molecule has 1 fully saturated rings. The van der Waals surface area contributed by atoms with Crippen molar-refractivity contribution in [2.45, 2.75) is 18.9 Å². The molecule has 0 amide bonds. The van der Waals surface area contributed by atoms with E-state index < -0.39 is 0 Å². The van der Waals surface area contributed by atoms with Gasteiger partial charge in [-0.15, -0.1) is 0 Å². The van der Waals surface area contributed by atoms with Gasteiger partial charge in [0.15, 0.2) is 0 Å². The highest BCUT2D eigenvalue weighted by Gasteiger charge is 2.36. The van der Waals surface area contributed by atoms with Crippen molar-refractivity contribution in [2.75, 3.05) is 19.6 Å². The lowest BCUT2D eigenvalue weighted by atomic mass is 9.89. The van der Waals surface area contributed by atoms with Crippen LogP contribution in [0.3, 0.4) is 0 Å². The molecule has 1 aliphatic heterocycles. The Hall–Kier alpha value is -2.24. The topological polar surface area (TPSA) is 72.4 Å². The van der Waals surface area contributed by atoms with Crippen molar-refractivity contribution in [1.82, 2.24) is 4.90 Å². The smallest absolute Gasteiger partial charge is 0.274 e. The monoisotopic (exact) mass is 325 g/mol. The van der Waals surface area contributed by atoms with Crippen LogP contribution in [0.2, 0.25) is 0 Å². The van der Waals surface area contributed by atoms with Gasteiger partial charge in [0.1, 0.15) is 0 Å². The molecule has 2 N–H and O–H groups in total. The van der Waals surface area contributed by atoms with E-state index in [0.29, 0.717) is 18.4 Å². The summed E-state index contributed by atoms with van der Waals surface area (Å²) < 4.78 is 0. The summed E-state index contributed by atoms with van der Waals surface area (Å²) in [5, 5.41) is 11.3. The Morgan fingerprint density at radius 2 is 1.83 bits per heavy atom. The summed E-state index contributed by atoms with van der Waals surface area (Å²) in [5.41, 5.74) is 8.26. The number of nitrogens with zero attached hydrogens (tertiary/aromatic N) is 2. The summed E-state index contributed by atoms with van der Waals surface area (Å²) in [6.45, 7) is 4.41. The maximum absolute atomic E-state index is 11.3. The Balaban J connectivity index is 1.85. The maximum atomic E-state index is 11.3. The Kier molecular flexibility index (Phi) is 4.92. The second kappa shape index (κ2) is 7.11. The van der Waals surface area contributed by atoms with Crippen molar-refractivity contribution in [3.8, 4) is 0 Å². The standard InChI is InChI=1S/C19H23N3O2/c1-14(17-9-5-6-10-19(17)22(23)24)21-12-16(11-20)18(13-21)15-7-3-2-4-8-15/h2-10,14,16,18H,11-13,20H2,1H3/t14?,16-,18+/m1/s1. The third-order valence-corrected chi connectivity index (χ3v) is 5.13. The number of hydrogen-bond acceptors (Lipinski definition) is 4. The molecular formula is C19H23N3O2. The van der Waals surface area contributed by atoms with Crippen LogP contribution < -0.4 is 5.73 Å². The number of benzene rings is 2. The fourth-order valence-corrected chi connectivity index (χ4v) is 3.74. The Morgan fingerprint density at radius 1 is 1.17 bits per heavy atom. The zero-order valence-electron chi connectivity index (χ0n) is 13.8. The fourth-order valence-electron chi connectivity index (χ4n) is 3.74. The number of rotatable bonds is 5. The molecule has 0 aromatic heterocycles. The van der Waals surface area contributed by atoms with Gasteiger partial charge in [0.2, 0.25) is 0 Å². The van der Waals surface area contributed by atoms with Gasteiger partial charge in [0, 0.05) is 36.7 Å². The molecule has 0 saturated carbocycles. The minimum Gasteiger partial charge on any atom is -0.330 e. The van der Waals surface area contributed by atoms with Crippen molar-refractivity contribution >= 4 is 5.69 Å². The van der Waals surface area contributed by atoms with Crippen LogP contribution in [-0.2, 0) is 0 Å². The van der Waals surface area contributed by atoms with Gasteiger partial charge in [-0.1, -0.05) is 48.5 Å². The van der Waals surface area contributed by atoms with Crippen molar-refractivity contribution in [2.24, 2.45) is 11.7 Å². The molecule has 1 aliphatic rings. The van der Waals surface area contributed by atoms with E-state index in [1.54, 1.807) is 12.1 Å². The van der Waals surface area contributed by atoms with Crippen LogP contribution in [0.5, 0.6) is 0 Å². The molecule has 5 heteroatoms. The van der Waals surface area contributed by atoms with E-state index in [0.717, 1.165) is 18.7 Å². The van der Waals surface area contributed by atoms with Crippen LogP contribution in [0.1, 0.15) is 30.0 Å². The largest absolute Gasteiger partial charge is 0.330 e. The summed E-state index contributed by atoms with van der Waals surface area (Å²) in [4.78, 5) is 13.3. The summed E-state index contributed by atoms with van der Waals surface area (Å²) in [5.74, 6) is 0.749. The number of nitro groups is 1. The van der Waals surface area contributed by atoms with E-state index in [-0.39, 0.29) is 16.7 Å². The molecule has 2 aromatic rings. The highest BCUT2D eigenvalue weighted by molar-refractivity contribution is 5.42. The minimum atomic E-state index is -0.295. The SMILES string of the molecule is CC(c1ccccc1[N+](=O)[O-])N1C[C@@H](CN)[C@H](c2ccccc2)C1. The van der Waals surface area contributed by atoms with Gasteiger partial charge in [-0.25, -0.2) is 0 Å². The zero-order chi connectivity index (χ0) is 17.1. The van der Waals surface area contributed by atoms with E-state index in [1.165, 1.54) is 5.56 Å². The van der Waals surface area contributed by atoms with Gasteiger partial charge >= 0.3 is 0 Å². The van der Waals surface area contributed by atoms with Gasteiger partial charge in [-0.2, -0.15) is 0 Å². The Bertz CT molecular complexity index is 705. The summed E-state index contributed by atoms with van der Waals surface area (Å²) in [6, 6.07) is 17.4. The first-order valence-corrected chi connectivity index (χ1v) is 8.34. The van der Waals surface area contributed by atoms with E-state index >= 15 is 0 Å². The second-order valence-electron chi connectivity index (χ2n) is 6.46. The van der Waals surface area contributed by atoms with E-state index in [4.69, 9.17) is 5.73 Å². The Morgan fingerprint density at radius 3 is 2.50 bits per heavy atom. The molecule has 0 spiro atoms. The van der Waals surface area contributed by atoms with Crippen molar-refractivity contribution in [1.29, 1.82) is 0 Å². The third kappa shape index (κ3) is 3.18. The lowest BCUT2D eigenvalue weighted by Gasteiger charge is -2.24. The highest BCUT2D eigenvalue weighted by atomic mass is 16.6. The molecule has 3 atom stereocenters. The van der Waals surface area contributed by atoms with Crippen LogP contribution in [0.4, 0.5) is 5.69 Å². The van der Waals surface area contributed by atoms with Crippen LogP contribution in [0.15, 0.2) is 54.6 Å². The quantitative estimate of drug-likeness (QED) is 0.676. The van der Waals surface area contributed by atoms with Crippen LogP contribution in [-0.4, -0.2) is 29.5 Å². The molecule has 1 saturated heterocycles. The van der Waals surface area contributed by atoms with Crippen LogP contribution >= 0.6 is 0 Å². The number of para-hydroxylation sites is 1. The van der Waals surface area contributed by atoms with Gasteiger partial charge < -0.3 is 5.73 Å². The van der Waals surface area contributed by atoms with Gasteiger partial charge in [-0.05, 0) is 24.9 Å². The molecule has 2 aromatic carbocycles. The summed E-state index contributed by atoms with van der Waals surface area (Å²) in [7, 11) is 0. The lowest BCUT2D eigenvalue weighted by Crippen LogP contribution is -2.26. The predicted molar refractivity (Wildman–Crippen MR) is 94.8 cm³/mol. The minimum absolute atomic E-state index is 0.00522. The van der Waals surface area contributed by atoms with Crippen LogP contribution in [0, 0.1) is 16.0 Å². The molecule has 0 bridgehead atoms. The lowest BCUT2D eigenvalue weighted by molar-refractivity contribution is -0.386. The fraction of sp³-hybridized carbons (Fsp3) is 0.368. The van der Waals surface area contributed by atoms with Gasteiger partial charge in [0.05, 0.1) is 4.92 Å². The second-order valence-corrected chi connectivity index (χ2v) is 6.46. The average molecular weight is 325 g/mol. The first kappa shape index (κ1) is 16.6. The number of nitrogens with two attached hydrogens (primary N) is 1. The van der Waals surface area contributed by atoms with Gasteiger partial charge in [-0.3, -0.25) is 15.0 Å². The third-order valence-electron chi connectivity index (χ3n) is 5.13. The number of hydrogen-bond donors (Lipinski definition) is 1. The van der Waals surface area contributed by atoms with E-state index in [9.17, 15) is 10.1 Å². The molecule has 1 unspecified atom stereocenters. The zero-order valence-corrected chi connectivity index (χ0v) is 13.8. The molecule has 5 nitrogen and oxygen atoms in total. The first-order valence-electron chi connectivity index (χ1n) is 8.34. The van der Waals surface area contributed by atoms with Crippen molar-refractivity contribution < 1.29 is 4.92 Å². The van der Waals surface area contributed by atoms with Crippen molar-refractivity contribution in [3.05, 3.63) is 75.8 Å².